The van der Waals surface area contributed by atoms with Crippen LogP contribution in [0.5, 0.6) is 0 Å². The summed E-state index contributed by atoms with van der Waals surface area (Å²) in [5.74, 6) is 0.572. The smallest absolute Gasteiger partial charge is 0.290 e. The molecule has 1 amide bonds. The van der Waals surface area contributed by atoms with E-state index in [2.05, 4.69) is 51.3 Å². The fourth-order valence-corrected chi connectivity index (χ4v) is 4.40. The van der Waals surface area contributed by atoms with Gasteiger partial charge in [0.1, 0.15) is 0 Å². The molecule has 176 valence electrons. The van der Waals surface area contributed by atoms with Gasteiger partial charge >= 0.3 is 0 Å². The van der Waals surface area contributed by atoms with E-state index in [9.17, 15) is 4.79 Å². The maximum atomic E-state index is 12.9. The molecule has 5 rings (SSSR count). The summed E-state index contributed by atoms with van der Waals surface area (Å²) in [4.78, 5) is 34.4. The van der Waals surface area contributed by atoms with Gasteiger partial charge in [-0.05, 0) is 62.6 Å². The van der Waals surface area contributed by atoms with Crippen molar-refractivity contribution >= 4 is 29.8 Å². The predicted octanol–water partition coefficient (Wildman–Crippen LogP) is 1.63. The molecule has 10 nitrogen and oxygen atoms in total. The Hall–Kier alpha value is -2.98. The first-order chi connectivity index (χ1) is 15.5. The van der Waals surface area contributed by atoms with Crippen LogP contribution in [0.3, 0.4) is 0 Å². The highest BCUT2D eigenvalue weighted by molar-refractivity contribution is 6.04. The molecule has 2 aromatic rings. The van der Waals surface area contributed by atoms with Crippen molar-refractivity contribution in [3.05, 3.63) is 29.5 Å². The van der Waals surface area contributed by atoms with Crippen molar-refractivity contribution in [3.63, 3.8) is 0 Å². The number of amides is 1. The normalized spacial score (nSPS) is 21.2. The number of carbonyl (C=O) groups excluding carboxylic acids is 1. The lowest BCUT2D eigenvalue weighted by Crippen LogP contribution is -2.57. The van der Waals surface area contributed by atoms with Gasteiger partial charge in [-0.1, -0.05) is 19.9 Å². The molecule has 4 N–H and O–H groups in total. The number of rotatable bonds is 6. The zero-order valence-electron chi connectivity index (χ0n) is 18.7. The second kappa shape index (κ2) is 12.8. The number of carboxylic acid groups (broad SMARTS) is 2. The van der Waals surface area contributed by atoms with Crippen molar-refractivity contribution < 1.29 is 24.6 Å². The van der Waals surface area contributed by atoms with Gasteiger partial charge in [0.25, 0.3) is 18.9 Å². The van der Waals surface area contributed by atoms with E-state index >= 15 is 0 Å². The van der Waals surface area contributed by atoms with E-state index in [1.807, 2.05) is 6.07 Å². The van der Waals surface area contributed by atoms with Gasteiger partial charge in [0.15, 0.2) is 5.69 Å². The van der Waals surface area contributed by atoms with E-state index in [1.165, 1.54) is 31.5 Å². The molecule has 3 aliphatic rings. The molecule has 0 unspecified atom stereocenters. The van der Waals surface area contributed by atoms with Crippen LogP contribution in [0, 0.1) is 5.92 Å². The third kappa shape index (κ3) is 6.51. The second-order valence-corrected chi connectivity index (χ2v) is 7.84. The summed E-state index contributed by atoms with van der Waals surface area (Å²) < 4.78 is 0. The molecule has 0 radical (unpaired) electrons. The number of hydrogen-bond acceptors (Lipinski definition) is 6. The molecule has 3 fully saturated rings. The van der Waals surface area contributed by atoms with Crippen LogP contribution < -0.4 is 5.32 Å². The molecule has 1 atom stereocenters. The minimum Gasteiger partial charge on any atom is -0.483 e. The molecule has 0 aliphatic carbocycles. The molecule has 3 aliphatic heterocycles. The summed E-state index contributed by atoms with van der Waals surface area (Å²) in [6.45, 7) is 10.1. The highest BCUT2D eigenvalue weighted by Gasteiger charge is 2.35. The van der Waals surface area contributed by atoms with Crippen LogP contribution in [-0.4, -0.2) is 87.8 Å². The van der Waals surface area contributed by atoms with Crippen molar-refractivity contribution in [3.8, 4) is 0 Å². The average Bonchev–Trinajstić information content (AvgIpc) is 3.23. The minimum atomic E-state index is -0.250. The number of carbonyl (C=O) groups is 3. The number of benzene rings is 1. The Bertz CT molecular complexity index is 869. The van der Waals surface area contributed by atoms with Crippen LogP contribution in [-0.2, 0) is 16.1 Å². The lowest BCUT2D eigenvalue weighted by Gasteiger charge is -2.44. The largest absolute Gasteiger partial charge is 0.483 e. The molecule has 0 spiro atoms. The van der Waals surface area contributed by atoms with Crippen LogP contribution in [0.4, 0.5) is 0 Å². The predicted molar refractivity (Wildman–Crippen MR) is 121 cm³/mol. The topological polar surface area (TPSA) is 139 Å². The van der Waals surface area contributed by atoms with Crippen molar-refractivity contribution in [2.45, 2.75) is 39.3 Å². The Morgan fingerprint density at radius 3 is 2.38 bits per heavy atom. The third-order valence-corrected chi connectivity index (χ3v) is 6.12. The van der Waals surface area contributed by atoms with Gasteiger partial charge < -0.3 is 20.4 Å². The van der Waals surface area contributed by atoms with Gasteiger partial charge in [0.05, 0.1) is 5.52 Å². The SMILES string of the molecule is CCN(CC)Cc1ccc2[nH]nc(C(=O)N[C@@H]3CN4CCC3CC4)c2c1.O=CO.O=CO. The van der Waals surface area contributed by atoms with Crippen molar-refractivity contribution in [1.82, 2.24) is 25.3 Å². The van der Waals surface area contributed by atoms with Gasteiger partial charge in [-0.25, -0.2) is 0 Å². The van der Waals surface area contributed by atoms with E-state index in [1.54, 1.807) is 0 Å². The number of H-pyrrole nitrogens is 1. The highest BCUT2D eigenvalue weighted by atomic mass is 16.3. The molecule has 1 aromatic heterocycles. The molecular formula is C22H33N5O5. The standard InChI is InChI=1S/C20H29N5O.2CH2O2/c1-3-24(4-2)12-14-5-6-17-16(11-14)19(23-22-17)20(26)21-18-13-25-9-7-15(18)8-10-25;2*2-1-3/h5-6,11,15,18H,3-4,7-10,12-13H2,1-2H3,(H,21,26)(H,22,23);2*1H,(H,2,3)/t18-;;/m1../s1. The number of aromatic nitrogens is 2. The van der Waals surface area contributed by atoms with E-state index in [0.29, 0.717) is 11.6 Å². The number of nitrogens with zero attached hydrogens (tertiary/aromatic N) is 3. The summed E-state index contributed by atoms with van der Waals surface area (Å²) in [7, 11) is 0. The summed E-state index contributed by atoms with van der Waals surface area (Å²) in [6.07, 6.45) is 2.39. The first-order valence-corrected chi connectivity index (χ1v) is 10.9. The molecule has 32 heavy (non-hydrogen) atoms. The highest BCUT2D eigenvalue weighted by Crippen LogP contribution is 2.28. The van der Waals surface area contributed by atoms with E-state index < -0.39 is 0 Å². The number of hydrogen-bond donors (Lipinski definition) is 4. The Balaban J connectivity index is 0.000000547. The number of aromatic amines is 1. The van der Waals surface area contributed by atoms with Crippen LogP contribution in [0.2, 0.25) is 0 Å². The molecule has 0 saturated carbocycles. The van der Waals surface area contributed by atoms with E-state index in [0.717, 1.165) is 37.1 Å². The monoisotopic (exact) mass is 447 g/mol. The number of fused-ring (bicyclic) bond motifs is 4. The lowest BCUT2D eigenvalue weighted by atomic mass is 9.84. The average molecular weight is 448 g/mol. The Labute approximate surface area is 187 Å². The zero-order chi connectivity index (χ0) is 23.5. The second-order valence-electron chi connectivity index (χ2n) is 7.84. The fourth-order valence-electron chi connectivity index (χ4n) is 4.40. The fraction of sp³-hybridized carbons (Fsp3) is 0.545. The molecule has 1 aromatic carbocycles. The van der Waals surface area contributed by atoms with Crippen LogP contribution >= 0.6 is 0 Å². The molecule has 3 saturated heterocycles. The van der Waals surface area contributed by atoms with Gasteiger partial charge in [-0.3, -0.25) is 24.4 Å². The lowest BCUT2D eigenvalue weighted by molar-refractivity contribution is -0.123. The summed E-state index contributed by atoms with van der Waals surface area (Å²) in [5, 5.41) is 25.3. The first-order valence-electron chi connectivity index (χ1n) is 10.9. The summed E-state index contributed by atoms with van der Waals surface area (Å²) >= 11 is 0. The van der Waals surface area contributed by atoms with Crippen molar-refractivity contribution in [1.29, 1.82) is 0 Å². The van der Waals surface area contributed by atoms with E-state index in [-0.39, 0.29) is 24.9 Å². The molecule has 10 heteroatoms. The molecule has 4 heterocycles. The molecular weight excluding hydrogens is 414 g/mol. The van der Waals surface area contributed by atoms with Gasteiger partial charge in [-0.2, -0.15) is 5.10 Å². The van der Waals surface area contributed by atoms with Crippen LogP contribution in [0.25, 0.3) is 10.9 Å². The van der Waals surface area contributed by atoms with Gasteiger partial charge in [0.2, 0.25) is 0 Å². The van der Waals surface area contributed by atoms with E-state index in [4.69, 9.17) is 19.8 Å². The maximum Gasteiger partial charge on any atom is 0.290 e. The molecule has 2 bridgehead atoms. The van der Waals surface area contributed by atoms with Gasteiger partial charge in [-0.15, -0.1) is 0 Å². The number of piperidine rings is 3. The van der Waals surface area contributed by atoms with Crippen LogP contribution in [0.15, 0.2) is 18.2 Å². The third-order valence-electron chi connectivity index (χ3n) is 6.12. The quantitative estimate of drug-likeness (QED) is 0.490. The Morgan fingerprint density at radius 1 is 1.22 bits per heavy atom. The Morgan fingerprint density at radius 2 is 1.84 bits per heavy atom. The minimum absolute atomic E-state index is 0.0463. The van der Waals surface area contributed by atoms with Crippen molar-refractivity contribution in [2.24, 2.45) is 5.92 Å². The van der Waals surface area contributed by atoms with Crippen LogP contribution in [0.1, 0.15) is 42.7 Å². The summed E-state index contributed by atoms with van der Waals surface area (Å²) in [5.41, 5.74) is 2.67. The maximum absolute atomic E-state index is 12.9. The zero-order valence-corrected chi connectivity index (χ0v) is 18.7. The summed E-state index contributed by atoms with van der Waals surface area (Å²) in [6, 6.07) is 6.53. The Kier molecular flexibility index (Phi) is 10.1. The van der Waals surface area contributed by atoms with Crippen molar-refractivity contribution in [2.75, 3.05) is 32.7 Å². The number of nitrogens with one attached hydrogen (secondary N) is 2. The first kappa shape index (κ1) is 25.3. The van der Waals surface area contributed by atoms with Gasteiger partial charge in [0, 0.05) is 24.5 Å².